The van der Waals surface area contributed by atoms with E-state index in [0.29, 0.717) is 17.9 Å². The Balaban J connectivity index is 2.04. The first-order valence-electron chi connectivity index (χ1n) is 6.70. The van der Waals surface area contributed by atoms with Crippen LogP contribution in [-0.4, -0.2) is 32.2 Å². The Morgan fingerprint density at radius 2 is 2.27 bits per heavy atom. The van der Waals surface area contributed by atoms with Gasteiger partial charge in [0.05, 0.1) is 10.5 Å². The van der Waals surface area contributed by atoms with Crippen molar-refractivity contribution in [1.29, 1.82) is 0 Å². The topological polar surface area (TPSA) is 69.1 Å². The number of hydrogen-bond donors (Lipinski definition) is 1. The summed E-state index contributed by atoms with van der Waals surface area (Å²) in [5.74, 6) is 0.442. The summed E-state index contributed by atoms with van der Waals surface area (Å²) in [6.45, 7) is 1.42. The van der Waals surface area contributed by atoms with Crippen LogP contribution >= 0.6 is 39.5 Å². The lowest BCUT2D eigenvalue weighted by Crippen LogP contribution is -2.22. The van der Waals surface area contributed by atoms with Crippen molar-refractivity contribution in [2.24, 2.45) is 12.8 Å². The zero-order chi connectivity index (χ0) is 16.3. The highest BCUT2D eigenvalue weighted by Crippen LogP contribution is 2.23. The summed E-state index contributed by atoms with van der Waals surface area (Å²) >= 11 is 10.6. The first-order valence-corrected chi connectivity index (χ1v) is 8.72. The average molecular weight is 404 g/mol. The van der Waals surface area contributed by atoms with Gasteiger partial charge in [0.1, 0.15) is 5.82 Å². The molecule has 0 aliphatic rings. The minimum Gasteiger partial charge on any atom is -0.370 e. The zero-order valence-electron chi connectivity index (χ0n) is 12.5. The molecular formula is C13H18BrN5OS2. The van der Waals surface area contributed by atoms with Crippen molar-refractivity contribution in [3.8, 4) is 0 Å². The predicted octanol–water partition coefficient (Wildman–Crippen LogP) is 2.28. The van der Waals surface area contributed by atoms with Crippen LogP contribution in [0.1, 0.15) is 17.1 Å². The summed E-state index contributed by atoms with van der Waals surface area (Å²) in [4.78, 5) is 14.3. The number of amides is 1. The number of thiophene rings is 1. The van der Waals surface area contributed by atoms with Crippen LogP contribution in [0.2, 0.25) is 0 Å². The summed E-state index contributed by atoms with van der Waals surface area (Å²) in [6.07, 6.45) is 0.781. The molecule has 0 bridgehead atoms. The molecule has 0 unspecified atom stereocenters. The quantitative estimate of drug-likeness (QED) is 0.719. The van der Waals surface area contributed by atoms with Crippen LogP contribution in [0.5, 0.6) is 0 Å². The van der Waals surface area contributed by atoms with Crippen molar-refractivity contribution in [2.45, 2.75) is 26.1 Å². The molecule has 2 heterocycles. The second kappa shape index (κ2) is 7.49. The lowest BCUT2D eigenvalue weighted by atomic mass is 10.3. The Hall–Kier alpha value is -1.03. The predicted molar refractivity (Wildman–Crippen MR) is 93.0 cm³/mol. The van der Waals surface area contributed by atoms with E-state index in [2.05, 4.69) is 32.0 Å². The molecule has 0 saturated carbocycles. The van der Waals surface area contributed by atoms with Crippen molar-refractivity contribution < 1.29 is 4.79 Å². The van der Waals surface area contributed by atoms with Gasteiger partial charge in [0.15, 0.2) is 4.77 Å². The number of rotatable bonds is 7. The number of aromatic nitrogens is 3. The van der Waals surface area contributed by atoms with Crippen LogP contribution in [0.4, 0.5) is 0 Å². The van der Waals surface area contributed by atoms with E-state index in [1.54, 1.807) is 16.0 Å². The molecule has 2 N–H and O–H groups in total. The van der Waals surface area contributed by atoms with Crippen LogP contribution in [0.25, 0.3) is 0 Å². The maximum absolute atomic E-state index is 10.9. The van der Waals surface area contributed by atoms with Gasteiger partial charge in [-0.25, -0.2) is 4.68 Å². The Labute approximate surface area is 146 Å². The molecule has 0 aliphatic carbocycles. The van der Waals surface area contributed by atoms with Gasteiger partial charge in [-0.2, -0.15) is 5.10 Å². The molecule has 2 aromatic heterocycles. The van der Waals surface area contributed by atoms with E-state index in [1.807, 2.05) is 24.7 Å². The minimum atomic E-state index is -0.333. The van der Waals surface area contributed by atoms with Crippen LogP contribution in [0, 0.1) is 4.77 Å². The SMILES string of the molecule is CN(Cc1ccc(Br)s1)Cn1nc(CCC(N)=O)n(C)c1=S. The first kappa shape index (κ1) is 17.3. The summed E-state index contributed by atoms with van der Waals surface area (Å²) < 4.78 is 5.36. The van der Waals surface area contributed by atoms with Crippen molar-refractivity contribution >= 4 is 45.4 Å². The standard InChI is InChI=1S/C13H18BrN5OS2/c1-17(7-9-3-4-10(14)22-9)8-19-13(21)18(2)12(16-19)6-5-11(15)20/h3-4H,5-8H2,1-2H3,(H2,15,20). The van der Waals surface area contributed by atoms with Crippen LogP contribution in [0.3, 0.4) is 0 Å². The molecule has 1 amide bonds. The van der Waals surface area contributed by atoms with Gasteiger partial charge < -0.3 is 10.3 Å². The van der Waals surface area contributed by atoms with Crippen molar-refractivity contribution in [1.82, 2.24) is 19.2 Å². The van der Waals surface area contributed by atoms with Crippen LogP contribution < -0.4 is 5.73 Å². The van der Waals surface area contributed by atoms with Gasteiger partial charge in [0, 0.05) is 31.3 Å². The molecule has 2 aromatic rings. The smallest absolute Gasteiger partial charge is 0.217 e. The van der Waals surface area contributed by atoms with E-state index < -0.39 is 0 Å². The highest BCUT2D eigenvalue weighted by atomic mass is 79.9. The molecule has 22 heavy (non-hydrogen) atoms. The number of carbonyl (C=O) groups excluding carboxylic acids is 1. The van der Waals surface area contributed by atoms with Gasteiger partial charge in [-0.1, -0.05) is 0 Å². The van der Waals surface area contributed by atoms with Crippen molar-refractivity contribution in [2.75, 3.05) is 7.05 Å². The highest BCUT2D eigenvalue weighted by Gasteiger charge is 2.11. The number of halogens is 1. The van der Waals surface area contributed by atoms with Crippen molar-refractivity contribution in [3.05, 3.63) is 31.4 Å². The normalized spacial score (nSPS) is 11.3. The van der Waals surface area contributed by atoms with Gasteiger partial charge in [-0.3, -0.25) is 9.69 Å². The zero-order valence-corrected chi connectivity index (χ0v) is 15.7. The number of aryl methyl sites for hydroxylation is 1. The Morgan fingerprint density at radius 3 is 2.86 bits per heavy atom. The summed E-state index contributed by atoms with van der Waals surface area (Å²) in [6, 6.07) is 4.14. The van der Waals surface area contributed by atoms with Gasteiger partial charge in [-0.05, 0) is 47.3 Å². The Bertz CT molecular complexity index is 720. The summed E-state index contributed by atoms with van der Waals surface area (Å²) in [7, 11) is 3.88. The second-order valence-electron chi connectivity index (χ2n) is 5.09. The fourth-order valence-corrected chi connectivity index (χ4v) is 3.83. The Kier molecular flexibility index (Phi) is 5.90. The van der Waals surface area contributed by atoms with Crippen molar-refractivity contribution in [3.63, 3.8) is 0 Å². The summed E-state index contributed by atoms with van der Waals surface area (Å²) in [5, 5.41) is 4.49. The van der Waals surface area contributed by atoms with Gasteiger partial charge in [-0.15, -0.1) is 11.3 Å². The number of nitrogens with zero attached hydrogens (tertiary/aromatic N) is 4. The van der Waals surface area contributed by atoms with E-state index in [1.165, 1.54) is 4.88 Å². The van der Waals surface area contributed by atoms with E-state index in [0.717, 1.165) is 16.2 Å². The second-order valence-corrected chi connectivity index (χ2v) is 8.00. The monoisotopic (exact) mass is 403 g/mol. The molecule has 0 aliphatic heterocycles. The maximum Gasteiger partial charge on any atom is 0.217 e. The third-order valence-corrected chi connectivity index (χ3v) is 5.25. The number of carbonyl (C=O) groups is 1. The molecular weight excluding hydrogens is 386 g/mol. The van der Waals surface area contributed by atoms with E-state index in [4.69, 9.17) is 18.0 Å². The molecule has 0 radical (unpaired) electrons. The third-order valence-electron chi connectivity index (χ3n) is 3.16. The lowest BCUT2D eigenvalue weighted by Gasteiger charge is -2.15. The van der Waals surface area contributed by atoms with Crippen LogP contribution in [-0.2, 0) is 31.5 Å². The number of nitrogens with two attached hydrogens (primary N) is 1. The lowest BCUT2D eigenvalue weighted by molar-refractivity contribution is -0.118. The van der Waals surface area contributed by atoms with E-state index in [-0.39, 0.29) is 12.3 Å². The highest BCUT2D eigenvalue weighted by molar-refractivity contribution is 9.11. The van der Waals surface area contributed by atoms with Gasteiger partial charge in [0.25, 0.3) is 0 Å². The molecule has 9 heteroatoms. The molecule has 2 rings (SSSR count). The first-order chi connectivity index (χ1) is 10.4. The van der Waals surface area contributed by atoms with E-state index in [9.17, 15) is 4.79 Å². The van der Waals surface area contributed by atoms with Crippen LogP contribution in [0.15, 0.2) is 15.9 Å². The van der Waals surface area contributed by atoms with Gasteiger partial charge >= 0.3 is 0 Å². The summed E-state index contributed by atoms with van der Waals surface area (Å²) in [5.41, 5.74) is 5.18. The number of primary amides is 1. The molecule has 6 nitrogen and oxygen atoms in total. The molecule has 0 aromatic carbocycles. The molecule has 0 fully saturated rings. The Morgan fingerprint density at radius 1 is 1.55 bits per heavy atom. The largest absolute Gasteiger partial charge is 0.370 e. The molecule has 120 valence electrons. The molecule has 0 spiro atoms. The van der Waals surface area contributed by atoms with E-state index >= 15 is 0 Å². The fraction of sp³-hybridized carbons (Fsp3) is 0.462. The van der Waals surface area contributed by atoms with Gasteiger partial charge in [0.2, 0.25) is 5.91 Å². The average Bonchev–Trinajstić information content (AvgIpc) is 2.95. The molecule has 0 atom stereocenters. The third kappa shape index (κ3) is 4.48. The minimum absolute atomic E-state index is 0.276. The fourth-order valence-electron chi connectivity index (χ4n) is 2.06. The number of hydrogen-bond acceptors (Lipinski definition) is 5. The molecule has 0 saturated heterocycles. The maximum atomic E-state index is 10.9.